The van der Waals surface area contributed by atoms with Crippen LogP contribution in [0.4, 0.5) is 0 Å². The Labute approximate surface area is 115 Å². The van der Waals surface area contributed by atoms with Gasteiger partial charge in [-0.25, -0.2) is 0 Å². The molecular formula is C15H26N2S. The number of hydrogen-bond donors (Lipinski definition) is 1. The second-order valence-electron chi connectivity index (χ2n) is 5.60. The molecule has 1 atom stereocenters. The average molecular weight is 266 g/mol. The van der Waals surface area contributed by atoms with E-state index < -0.39 is 0 Å². The highest BCUT2D eigenvalue weighted by molar-refractivity contribution is 7.11. The van der Waals surface area contributed by atoms with Crippen LogP contribution in [-0.4, -0.2) is 30.6 Å². The monoisotopic (exact) mass is 266 g/mol. The summed E-state index contributed by atoms with van der Waals surface area (Å²) in [6, 6.07) is 5.24. The number of thiophene rings is 1. The van der Waals surface area contributed by atoms with E-state index in [2.05, 4.69) is 43.1 Å². The zero-order valence-corrected chi connectivity index (χ0v) is 12.7. The SMILES string of the molecule is CCc1ccc(CNCC2CCN(C(C)C)C2)s1. The first-order valence-electron chi connectivity index (χ1n) is 7.21. The summed E-state index contributed by atoms with van der Waals surface area (Å²) in [7, 11) is 0. The third-order valence-electron chi connectivity index (χ3n) is 3.85. The number of likely N-dealkylation sites (tertiary alicyclic amines) is 1. The molecule has 0 bridgehead atoms. The first kappa shape index (κ1) is 14.0. The third-order valence-corrected chi connectivity index (χ3v) is 5.08. The Morgan fingerprint density at radius 1 is 1.39 bits per heavy atom. The second kappa shape index (κ2) is 6.69. The summed E-state index contributed by atoms with van der Waals surface area (Å²) >= 11 is 1.95. The molecule has 0 saturated carbocycles. The topological polar surface area (TPSA) is 15.3 Å². The summed E-state index contributed by atoms with van der Waals surface area (Å²) in [5.41, 5.74) is 0. The molecule has 1 aliphatic heterocycles. The minimum atomic E-state index is 0.708. The molecule has 18 heavy (non-hydrogen) atoms. The van der Waals surface area contributed by atoms with Gasteiger partial charge >= 0.3 is 0 Å². The summed E-state index contributed by atoms with van der Waals surface area (Å²) < 4.78 is 0. The predicted molar refractivity (Wildman–Crippen MR) is 80.2 cm³/mol. The lowest BCUT2D eigenvalue weighted by Gasteiger charge is -2.20. The first-order valence-corrected chi connectivity index (χ1v) is 8.03. The molecule has 2 nitrogen and oxygen atoms in total. The van der Waals surface area contributed by atoms with E-state index in [0.717, 1.165) is 18.9 Å². The van der Waals surface area contributed by atoms with Crippen molar-refractivity contribution in [2.45, 2.75) is 46.2 Å². The molecule has 1 aliphatic rings. The second-order valence-corrected chi connectivity index (χ2v) is 6.85. The Bertz CT molecular complexity index is 359. The Hall–Kier alpha value is -0.380. The van der Waals surface area contributed by atoms with E-state index in [1.165, 1.54) is 35.8 Å². The molecule has 2 heterocycles. The van der Waals surface area contributed by atoms with Crippen molar-refractivity contribution in [3.8, 4) is 0 Å². The molecule has 0 aromatic carbocycles. The van der Waals surface area contributed by atoms with Gasteiger partial charge in [-0.1, -0.05) is 6.92 Å². The van der Waals surface area contributed by atoms with E-state index in [1.54, 1.807) is 0 Å². The van der Waals surface area contributed by atoms with E-state index in [4.69, 9.17) is 0 Å². The van der Waals surface area contributed by atoms with Crippen molar-refractivity contribution in [2.24, 2.45) is 5.92 Å². The molecule has 0 radical (unpaired) electrons. The van der Waals surface area contributed by atoms with Gasteiger partial charge in [-0.05, 0) is 57.8 Å². The maximum absolute atomic E-state index is 3.62. The molecule has 1 unspecified atom stereocenters. The Morgan fingerprint density at radius 2 is 2.17 bits per heavy atom. The minimum absolute atomic E-state index is 0.708. The van der Waals surface area contributed by atoms with Gasteiger partial charge in [-0.3, -0.25) is 0 Å². The fourth-order valence-electron chi connectivity index (χ4n) is 2.61. The average Bonchev–Trinajstić information content (AvgIpc) is 2.97. The van der Waals surface area contributed by atoms with Gasteiger partial charge < -0.3 is 10.2 Å². The molecule has 0 aliphatic carbocycles. The van der Waals surface area contributed by atoms with Crippen LogP contribution in [0.1, 0.15) is 36.9 Å². The fraction of sp³-hybridized carbons (Fsp3) is 0.733. The number of aryl methyl sites for hydroxylation is 1. The summed E-state index contributed by atoms with van der Waals surface area (Å²) in [6.07, 6.45) is 2.52. The number of nitrogens with zero attached hydrogens (tertiary/aromatic N) is 1. The maximum Gasteiger partial charge on any atom is 0.0299 e. The van der Waals surface area contributed by atoms with Gasteiger partial charge in [0, 0.05) is 28.9 Å². The standard InChI is InChI=1S/C15H26N2S/c1-4-14-5-6-15(18-14)10-16-9-13-7-8-17(11-13)12(2)3/h5-6,12-13,16H,4,7-11H2,1-3H3. The predicted octanol–water partition coefficient (Wildman–Crippen LogP) is 3.13. The van der Waals surface area contributed by atoms with Crippen molar-refractivity contribution in [1.82, 2.24) is 10.2 Å². The molecule has 1 aromatic heterocycles. The summed E-state index contributed by atoms with van der Waals surface area (Å²) in [6.45, 7) is 11.6. The molecule has 102 valence electrons. The molecule has 2 rings (SSSR count). The van der Waals surface area contributed by atoms with Gasteiger partial charge in [0.25, 0.3) is 0 Å². The smallest absolute Gasteiger partial charge is 0.0299 e. The number of nitrogens with one attached hydrogen (secondary N) is 1. The zero-order valence-electron chi connectivity index (χ0n) is 11.9. The van der Waals surface area contributed by atoms with Crippen LogP contribution in [0.15, 0.2) is 12.1 Å². The highest BCUT2D eigenvalue weighted by Gasteiger charge is 2.23. The van der Waals surface area contributed by atoms with Gasteiger partial charge in [0.2, 0.25) is 0 Å². The Morgan fingerprint density at radius 3 is 2.78 bits per heavy atom. The van der Waals surface area contributed by atoms with Gasteiger partial charge in [0.05, 0.1) is 0 Å². The van der Waals surface area contributed by atoms with Crippen molar-refractivity contribution in [1.29, 1.82) is 0 Å². The zero-order chi connectivity index (χ0) is 13.0. The van der Waals surface area contributed by atoms with E-state index in [-0.39, 0.29) is 0 Å². The van der Waals surface area contributed by atoms with E-state index >= 15 is 0 Å². The van der Waals surface area contributed by atoms with E-state index in [0.29, 0.717) is 6.04 Å². The van der Waals surface area contributed by atoms with Gasteiger partial charge in [0.1, 0.15) is 0 Å². The van der Waals surface area contributed by atoms with Crippen LogP contribution in [0.3, 0.4) is 0 Å². The third kappa shape index (κ3) is 3.81. The van der Waals surface area contributed by atoms with Crippen molar-refractivity contribution in [3.63, 3.8) is 0 Å². The molecule has 1 N–H and O–H groups in total. The maximum atomic E-state index is 3.62. The quantitative estimate of drug-likeness (QED) is 0.851. The van der Waals surface area contributed by atoms with Crippen LogP contribution in [0, 0.1) is 5.92 Å². The van der Waals surface area contributed by atoms with Crippen molar-refractivity contribution >= 4 is 11.3 Å². The van der Waals surface area contributed by atoms with Crippen LogP contribution in [0.2, 0.25) is 0 Å². The molecule has 0 spiro atoms. The van der Waals surface area contributed by atoms with Crippen LogP contribution in [-0.2, 0) is 13.0 Å². The Balaban J connectivity index is 1.67. The van der Waals surface area contributed by atoms with Gasteiger partial charge in [-0.15, -0.1) is 11.3 Å². The lowest BCUT2D eigenvalue weighted by Crippen LogP contribution is -2.30. The molecule has 0 amide bonds. The lowest BCUT2D eigenvalue weighted by atomic mass is 10.1. The summed E-state index contributed by atoms with van der Waals surface area (Å²) in [5.74, 6) is 0.845. The normalized spacial score (nSPS) is 21.0. The van der Waals surface area contributed by atoms with Crippen LogP contribution in [0.5, 0.6) is 0 Å². The molecule has 1 aromatic rings. The van der Waals surface area contributed by atoms with Crippen LogP contribution < -0.4 is 5.32 Å². The van der Waals surface area contributed by atoms with Crippen molar-refractivity contribution < 1.29 is 0 Å². The first-order chi connectivity index (χ1) is 8.69. The van der Waals surface area contributed by atoms with Gasteiger partial charge in [0.15, 0.2) is 0 Å². The Kier molecular flexibility index (Phi) is 5.22. The number of hydrogen-bond acceptors (Lipinski definition) is 3. The fourth-order valence-corrected chi connectivity index (χ4v) is 3.53. The van der Waals surface area contributed by atoms with Crippen LogP contribution >= 0.6 is 11.3 Å². The van der Waals surface area contributed by atoms with E-state index in [1.807, 2.05) is 11.3 Å². The van der Waals surface area contributed by atoms with Gasteiger partial charge in [-0.2, -0.15) is 0 Å². The largest absolute Gasteiger partial charge is 0.312 e. The highest BCUT2D eigenvalue weighted by Crippen LogP contribution is 2.19. The molecular weight excluding hydrogens is 240 g/mol. The minimum Gasteiger partial charge on any atom is -0.312 e. The number of rotatable bonds is 6. The van der Waals surface area contributed by atoms with Crippen molar-refractivity contribution in [3.05, 3.63) is 21.9 Å². The highest BCUT2D eigenvalue weighted by atomic mass is 32.1. The molecule has 1 fully saturated rings. The molecule has 3 heteroatoms. The summed E-state index contributed by atoms with van der Waals surface area (Å²) in [5, 5.41) is 3.62. The van der Waals surface area contributed by atoms with Crippen LogP contribution in [0.25, 0.3) is 0 Å². The lowest BCUT2D eigenvalue weighted by molar-refractivity contribution is 0.264. The summed E-state index contributed by atoms with van der Waals surface area (Å²) in [4.78, 5) is 5.57. The van der Waals surface area contributed by atoms with Crippen molar-refractivity contribution in [2.75, 3.05) is 19.6 Å². The van der Waals surface area contributed by atoms with E-state index in [9.17, 15) is 0 Å². The molecule has 1 saturated heterocycles.